The summed E-state index contributed by atoms with van der Waals surface area (Å²) in [5, 5.41) is 0. The van der Waals surface area contributed by atoms with Gasteiger partial charge in [-0.25, -0.2) is 4.79 Å². The van der Waals surface area contributed by atoms with Gasteiger partial charge in [-0.1, -0.05) is 127 Å². The molecule has 0 aromatic heterocycles. The highest BCUT2D eigenvalue weighted by Crippen LogP contribution is 2.34. The fourth-order valence-electron chi connectivity index (χ4n) is 4.89. The van der Waals surface area contributed by atoms with Crippen LogP contribution in [-0.2, 0) is 4.74 Å². The summed E-state index contributed by atoms with van der Waals surface area (Å²) in [6.07, 6.45) is 18.5. The zero-order valence-electron chi connectivity index (χ0n) is 23.5. The molecule has 38 heavy (non-hydrogen) atoms. The average Bonchev–Trinajstić information content (AvgIpc) is 2.96. The molecule has 0 fully saturated rings. The van der Waals surface area contributed by atoms with Crippen LogP contribution in [0.3, 0.4) is 0 Å². The Hall–Kier alpha value is -3.07. The van der Waals surface area contributed by atoms with Crippen LogP contribution in [0.5, 0.6) is 0 Å². The van der Waals surface area contributed by atoms with Crippen molar-refractivity contribution in [1.29, 1.82) is 0 Å². The van der Waals surface area contributed by atoms with E-state index in [9.17, 15) is 4.79 Å². The summed E-state index contributed by atoms with van der Waals surface area (Å²) in [7, 11) is 0. The molecule has 0 aliphatic rings. The third kappa shape index (κ3) is 10.7. The highest BCUT2D eigenvalue weighted by atomic mass is 16.5. The van der Waals surface area contributed by atoms with Gasteiger partial charge in [0, 0.05) is 17.1 Å². The number of carbonyl (C=O) groups is 1. The van der Waals surface area contributed by atoms with Gasteiger partial charge in [0.15, 0.2) is 0 Å². The monoisotopic (exact) mass is 513 g/mol. The molecule has 0 amide bonds. The van der Waals surface area contributed by atoms with Gasteiger partial charge in [-0.3, -0.25) is 0 Å². The molecule has 3 aromatic carbocycles. The van der Waals surface area contributed by atoms with E-state index in [4.69, 9.17) is 4.74 Å². The molecule has 204 valence electrons. The fraction of sp³-hybridized carbons (Fsp3) is 0.457. The lowest BCUT2D eigenvalue weighted by Gasteiger charge is -2.25. The molecule has 0 saturated heterocycles. The quantitative estimate of drug-likeness (QED) is 0.118. The van der Waals surface area contributed by atoms with Gasteiger partial charge >= 0.3 is 5.97 Å². The maximum absolute atomic E-state index is 12.6. The second-order valence-corrected chi connectivity index (χ2v) is 10.3. The molecule has 3 nitrogen and oxygen atoms in total. The summed E-state index contributed by atoms with van der Waals surface area (Å²) in [6.45, 7) is 2.78. The zero-order chi connectivity index (χ0) is 26.7. The number of nitrogens with zero attached hydrogens (tertiary/aromatic N) is 1. The standard InChI is InChI=1S/C35H47NO2/c1-2-3-4-5-6-7-8-9-10-11-12-13-14-21-30-38-35(37)31-26-28-34(29-27-31)36(32-22-17-15-18-23-32)33-24-19-16-20-25-33/h15-20,22-29H,2-14,21,30H2,1H3. The topological polar surface area (TPSA) is 29.5 Å². The predicted molar refractivity (Wildman–Crippen MR) is 162 cm³/mol. The lowest BCUT2D eigenvalue weighted by molar-refractivity contribution is 0.0497. The summed E-state index contributed by atoms with van der Waals surface area (Å²) in [5.74, 6) is -0.239. The first-order valence-corrected chi connectivity index (χ1v) is 15.0. The third-order valence-corrected chi connectivity index (χ3v) is 7.12. The second-order valence-electron chi connectivity index (χ2n) is 10.3. The normalized spacial score (nSPS) is 10.9. The van der Waals surface area contributed by atoms with Crippen LogP contribution >= 0.6 is 0 Å². The van der Waals surface area contributed by atoms with Crippen molar-refractivity contribution in [2.24, 2.45) is 0 Å². The molecule has 0 N–H and O–H groups in total. The van der Waals surface area contributed by atoms with Gasteiger partial charge in [0.25, 0.3) is 0 Å². The van der Waals surface area contributed by atoms with E-state index in [0.29, 0.717) is 12.2 Å². The number of rotatable bonds is 19. The van der Waals surface area contributed by atoms with Crippen molar-refractivity contribution in [3.8, 4) is 0 Å². The Morgan fingerprint density at radius 1 is 0.526 bits per heavy atom. The summed E-state index contributed by atoms with van der Waals surface area (Å²) >= 11 is 0. The number of unbranched alkanes of at least 4 members (excludes halogenated alkanes) is 13. The highest BCUT2D eigenvalue weighted by molar-refractivity contribution is 5.90. The molecule has 3 heteroatoms. The number of esters is 1. The molecular weight excluding hydrogens is 466 g/mol. The lowest BCUT2D eigenvalue weighted by Crippen LogP contribution is -2.11. The summed E-state index contributed by atoms with van der Waals surface area (Å²) in [6, 6.07) is 28.2. The number of benzene rings is 3. The molecule has 3 rings (SSSR count). The highest BCUT2D eigenvalue weighted by Gasteiger charge is 2.13. The van der Waals surface area contributed by atoms with Crippen LogP contribution in [0.1, 0.15) is 107 Å². The van der Waals surface area contributed by atoms with E-state index < -0.39 is 0 Å². The fourth-order valence-corrected chi connectivity index (χ4v) is 4.89. The van der Waals surface area contributed by atoms with Crippen LogP contribution in [0, 0.1) is 0 Å². The van der Waals surface area contributed by atoms with Gasteiger partial charge in [0.1, 0.15) is 0 Å². The van der Waals surface area contributed by atoms with Crippen LogP contribution in [0.15, 0.2) is 84.9 Å². The maximum atomic E-state index is 12.6. The summed E-state index contributed by atoms with van der Waals surface area (Å²) in [4.78, 5) is 14.7. The number of carbonyl (C=O) groups excluding carboxylic acids is 1. The summed E-state index contributed by atoms with van der Waals surface area (Å²) in [5.41, 5.74) is 3.75. The van der Waals surface area contributed by atoms with Crippen molar-refractivity contribution in [3.63, 3.8) is 0 Å². The minimum absolute atomic E-state index is 0.239. The molecule has 0 aliphatic heterocycles. The van der Waals surface area contributed by atoms with Crippen LogP contribution in [0.25, 0.3) is 0 Å². The zero-order valence-corrected chi connectivity index (χ0v) is 23.5. The molecule has 0 unspecified atom stereocenters. The van der Waals surface area contributed by atoms with Crippen LogP contribution < -0.4 is 4.90 Å². The van der Waals surface area contributed by atoms with Crippen LogP contribution in [0.2, 0.25) is 0 Å². The Balaban J connectivity index is 1.31. The van der Waals surface area contributed by atoms with E-state index in [2.05, 4.69) is 36.1 Å². The van der Waals surface area contributed by atoms with Crippen molar-refractivity contribution in [2.45, 2.75) is 96.8 Å². The van der Waals surface area contributed by atoms with Gasteiger partial charge in [-0.2, -0.15) is 0 Å². The molecule has 0 aliphatic carbocycles. The molecule has 0 atom stereocenters. The first kappa shape index (κ1) is 29.5. The summed E-state index contributed by atoms with van der Waals surface area (Å²) < 4.78 is 5.55. The van der Waals surface area contributed by atoms with Crippen molar-refractivity contribution < 1.29 is 9.53 Å². The molecular formula is C35H47NO2. The van der Waals surface area contributed by atoms with E-state index in [1.54, 1.807) is 0 Å². The van der Waals surface area contributed by atoms with Gasteiger partial charge in [0.05, 0.1) is 12.2 Å². The van der Waals surface area contributed by atoms with Crippen LogP contribution in [0.4, 0.5) is 17.1 Å². The molecule has 0 bridgehead atoms. The predicted octanol–water partition coefficient (Wildman–Crippen LogP) is 10.8. The van der Waals surface area contributed by atoms with E-state index in [1.165, 1.54) is 77.0 Å². The Morgan fingerprint density at radius 3 is 1.37 bits per heavy atom. The average molecular weight is 514 g/mol. The van der Waals surface area contributed by atoms with Gasteiger partial charge < -0.3 is 9.64 Å². The molecule has 0 radical (unpaired) electrons. The first-order valence-electron chi connectivity index (χ1n) is 15.0. The van der Waals surface area contributed by atoms with Crippen molar-refractivity contribution in [3.05, 3.63) is 90.5 Å². The Labute approximate surface area is 231 Å². The Kier molecular flexibility index (Phi) is 14.1. The number of hydrogen-bond acceptors (Lipinski definition) is 3. The Bertz CT molecular complexity index is 962. The van der Waals surface area contributed by atoms with Crippen molar-refractivity contribution >= 4 is 23.0 Å². The molecule has 3 aromatic rings. The number of para-hydroxylation sites is 2. The first-order chi connectivity index (χ1) is 18.8. The smallest absolute Gasteiger partial charge is 0.338 e. The maximum Gasteiger partial charge on any atom is 0.338 e. The number of hydrogen-bond donors (Lipinski definition) is 0. The van der Waals surface area contributed by atoms with E-state index >= 15 is 0 Å². The third-order valence-electron chi connectivity index (χ3n) is 7.12. The number of anilines is 3. The van der Waals surface area contributed by atoms with Gasteiger partial charge in [-0.05, 0) is 55.0 Å². The lowest BCUT2D eigenvalue weighted by atomic mass is 10.0. The van der Waals surface area contributed by atoms with E-state index in [0.717, 1.165) is 29.9 Å². The van der Waals surface area contributed by atoms with E-state index in [1.807, 2.05) is 60.7 Å². The van der Waals surface area contributed by atoms with Gasteiger partial charge in [0.2, 0.25) is 0 Å². The Morgan fingerprint density at radius 2 is 0.921 bits per heavy atom. The largest absolute Gasteiger partial charge is 0.462 e. The molecule has 0 saturated carbocycles. The van der Waals surface area contributed by atoms with Crippen molar-refractivity contribution in [1.82, 2.24) is 0 Å². The minimum Gasteiger partial charge on any atom is -0.462 e. The van der Waals surface area contributed by atoms with E-state index in [-0.39, 0.29) is 5.97 Å². The van der Waals surface area contributed by atoms with Crippen molar-refractivity contribution in [2.75, 3.05) is 11.5 Å². The molecule has 0 heterocycles. The number of ether oxygens (including phenoxy) is 1. The SMILES string of the molecule is CCCCCCCCCCCCCCCCOC(=O)c1ccc(N(c2ccccc2)c2ccccc2)cc1. The molecule has 0 spiro atoms. The second kappa shape index (κ2) is 18.2. The minimum atomic E-state index is -0.239. The van der Waals surface area contributed by atoms with Gasteiger partial charge in [-0.15, -0.1) is 0 Å². The van der Waals surface area contributed by atoms with Crippen LogP contribution in [-0.4, -0.2) is 12.6 Å².